The van der Waals surface area contributed by atoms with Crippen molar-refractivity contribution < 1.29 is 5.11 Å². The summed E-state index contributed by atoms with van der Waals surface area (Å²) >= 11 is 0. The van der Waals surface area contributed by atoms with Crippen LogP contribution in [0.3, 0.4) is 0 Å². The van der Waals surface area contributed by atoms with E-state index in [4.69, 9.17) is 0 Å². The van der Waals surface area contributed by atoms with Crippen molar-refractivity contribution in [1.29, 1.82) is 0 Å². The summed E-state index contributed by atoms with van der Waals surface area (Å²) in [6.45, 7) is 15.2. The fourth-order valence-corrected chi connectivity index (χ4v) is 9.27. The van der Waals surface area contributed by atoms with E-state index in [1.807, 2.05) is 0 Å². The topological polar surface area (TPSA) is 20.2 Å². The Balaban J connectivity index is 1.46. The molecular formula is C28H50O. The van der Waals surface area contributed by atoms with E-state index in [1.165, 1.54) is 57.8 Å². The Morgan fingerprint density at radius 1 is 0.793 bits per heavy atom. The van der Waals surface area contributed by atoms with Gasteiger partial charge in [-0.2, -0.15) is 0 Å². The van der Waals surface area contributed by atoms with Gasteiger partial charge in [-0.1, -0.05) is 54.4 Å². The molecule has 4 aliphatic carbocycles. The van der Waals surface area contributed by atoms with Crippen molar-refractivity contribution in [3.63, 3.8) is 0 Å². The zero-order chi connectivity index (χ0) is 21.0. The van der Waals surface area contributed by atoms with Crippen LogP contribution in [0.15, 0.2) is 0 Å². The normalized spacial score (nSPS) is 49.2. The van der Waals surface area contributed by atoms with Crippen LogP contribution < -0.4 is 0 Å². The molecule has 168 valence electrons. The van der Waals surface area contributed by atoms with Crippen LogP contribution in [0.1, 0.15) is 112 Å². The summed E-state index contributed by atoms with van der Waals surface area (Å²) in [5, 5.41) is 10.3. The average molecular weight is 403 g/mol. The third-order valence-corrected chi connectivity index (χ3v) is 11.6. The molecule has 0 aromatic rings. The standard InChI is InChI=1S/C28H50O/c1-18(2)19(3)7-8-20(4)24-11-12-25-23-10-9-21-17-22(29)13-15-27(21,5)26(23)14-16-28(24,25)6/h18-26,29H,7-17H2,1-6H3/t19-,20?,21+,22+,23?,24?,25?,26?,27?,28?/m1/s1. The third kappa shape index (κ3) is 3.74. The molecule has 10 atom stereocenters. The summed E-state index contributed by atoms with van der Waals surface area (Å²) in [6.07, 6.45) is 15.1. The quantitative estimate of drug-likeness (QED) is 0.499. The highest BCUT2D eigenvalue weighted by molar-refractivity contribution is 5.09. The number of hydrogen-bond donors (Lipinski definition) is 1. The molecule has 0 amide bonds. The second-order valence-electron chi connectivity index (χ2n) is 13.1. The van der Waals surface area contributed by atoms with Crippen LogP contribution in [0.25, 0.3) is 0 Å². The SMILES string of the molecule is CC(CC[C@@H](C)C(C)C)C1CCC2C3CC[C@H]4C[C@@H](O)CCC4(C)C3CCC12C. The van der Waals surface area contributed by atoms with Crippen molar-refractivity contribution in [1.82, 2.24) is 0 Å². The van der Waals surface area contributed by atoms with E-state index >= 15 is 0 Å². The highest BCUT2D eigenvalue weighted by Crippen LogP contribution is 2.68. The first-order valence-electron chi connectivity index (χ1n) is 13.3. The van der Waals surface area contributed by atoms with E-state index in [0.29, 0.717) is 10.8 Å². The van der Waals surface area contributed by atoms with Crippen LogP contribution >= 0.6 is 0 Å². The molecule has 0 spiro atoms. The molecule has 0 bridgehead atoms. The Kier molecular flexibility index (Phi) is 6.22. The van der Waals surface area contributed by atoms with Gasteiger partial charge < -0.3 is 5.11 Å². The molecule has 0 radical (unpaired) electrons. The molecule has 0 aromatic carbocycles. The zero-order valence-electron chi connectivity index (χ0n) is 20.4. The maximum Gasteiger partial charge on any atom is 0.0543 e. The van der Waals surface area contributed by atoms with Gasteiger partial charge >= 0.3 is 0 Å². The number of rotatable bonds is 5. The fraction of sp³-hybridized carbons (Fsp3) is 1.00. The molecule has 4 aliphatic rings. The van der Waals surface area contributed by atoms with Crippen molar-refractivity contribution in [3.8, 4) is 0 Å². The lowest BCUT2D eigenvalue weighted by molar-refractivity contribution is -0.129. The first kappa shape index (κ1) is 22.2. The van der Waals surface area contributed by atoms with Gasteiger partial charge in [-0.15, -0.1) is 0 Å². The Bertz CT molecular complexity index is 569. The highest BCUT2D eigenvalue weighted by atomic mass is 16.3. The molecule has 29 heavy (non-hydrogen) atoms. The van der Waals surface area contributed by atoms with Crippen molar-refractivity contribution >= 4 is 0 Å². The minimum absolute atomic E-state index is 0.0107. The smallest absolute Gasteiger partial charge is 0.0543 e. The van der Waals surface area contributed by atoms with Crippen molar-refractivity contribution in [2.45, 2.75) is 118 Å². The second-order valence-corrected chi connectivity index (χ2v) is 13.1. The van der Waals surface area contributed by atoms with E-state index < -0.39 is 0 Å². The predicted octanol–water partition coefficient (Wildman–Crippen LogP) is 7.71. The minimum atomic E-state index is -0.0107. The largest absolute Gasteiger partial charge is 0.393 e. The van der Waals surface area contributed by atoms with Gasteiger partial charge in [-0.25, -0.2) is 0 Å². The molecule has 0 heterocycles. The number of fused-ring (bicyclic) bond motifs is 5. The summed E-state index contributed by atoms with van der Waals surface area (Å²) in [4.78, 5) is 0. The fourth-order valence-electron chi connectivity index (χ4n) is 9.27. The molecule has 1 heteroatoms. The molecule has 4 rings (SSSR count). The average Bonchev–Trinajstić information content (AvgIpc) is 3.03. The predicted molar refractivity (Wildman–Crippen MR) is 124 cm³/mol. The molecule has 0 aliphatic heterocycles. The van der Waals surface area contributed by atoms with Crippen LogP contribution in [-0.4, -0.2) is 11.2 Å². The van der Waals surface area contributed by atoms with Gasteiger partial charge in [0.05, 0.1) is 6.10 Å². The lowest BCUT2D eigenvalue weighted by Gasteiger charge is -2.61. The molecule has 7 unspecified atom stereocenters. The third-order valence-electron chi connectivity index (χ3n) is 11.6. The van der Waals surface area contributed by atoms with E-state index in [9.17, 15) is 5.11 Å². The van der Waals surface area contributed by atoms with Gasteiger partial charge in [-0.3, -0.25) is 0 Å². The van der Waals surface area contributed by atoms with Crippen molar-refractivity contribution in [2.75, 3.05) is 0 Å². The molecule has 4 saturated carbocycles. The molecule has 4 fully saturated rings. The Morgan fingerprint density at radius 3 is 2.21 bits per heavy atom. The van der Waals surface area contributed by atoms with Crippen LogP contribution in [0.4, 0.5) is 0 Å². The Labute approximate surface area is 181 Å². The monoisotopic (exact) mass is 402 g/mol. The minimum Gasteiger partial charge on any atom is -0.393 e. The van der Waals surface area contributed by atoms with Gasteiger partial charge in [0, 0.05) is 0 Å². The van der Waals surface area contributed by atoms with E-state index in [0.717, 1.165) is 60.2 Å². The Morgan fingerprint density at radius 2 is 1.48 bits per heavy atom. The number of aliphatic hydroxyl groups excluding tert-OH is 1. The second kappa shape index (κ2) is 8.14. The van der Waals surface area contributed by atoms with Gasteiger partial charge in [0.15, 0.2) is 0 Å². The number of aliphatic hydroxyl groups is 1. The first-order valence-corrected chi connectivity index (χ1v) is 13.3. The molecule has 1 nitrogen and oxygen atoms in total. The van der Waals surface area contributed by atoms with Gasteiger partial charge in [0.1, 0.15) is 0 Å². The van der Waals surface area contributed by atoms with Crippen LogP contribution in [0.5, 0.6) is 0 Å². The van der Waals surface area contributed by atoms with Gasteiger partial charge in [-0.05, 0) is 116 Å². The zero-order valence-corrected chi connectivity index (χ0v) is 20.4. The first-order chi connectivity index (χ1) is 13.7. The summed E-state index contributed by atoms with van der Waals surface area (Å²) < 4.78 is 0. The van der Waals surface area contributed by atoms with E-state index in [2.05, 4.69) is 41.5 Å². The van der Waals surface area contributed by atoms with E-state index in [1.54, 1.807) is 0 Å². The maximum atomic E-state index is 10.3. The lowest BCUT2D eigenvalue weighted by Crippen LogP contribution is -2.54. The van der Waals surface area contributed by atoms with Crippen LogP contribution in [0, 0.1) is 58.2 Å². The highest BCUT2D eigenvalue weighted by Gasteiger charge is 2.60. The van der Waals surface area contributed by atoms with Crippen LogP contribution in [0.2, 0.25) is 0 Å². The summed E-state index contributed by atoms with van der Waals surface area (Å²) in [7, 11) is 0. The summed E-state index contributed by atoms with van der Waals surface area (Å²) in [5.41, 5.74) is 1.14. The molecular weight excluding hydrogens is 352 g/mol. The van der Waals surface area contributed by atoms with Crippen molar-refractivity contribution in [2.24, 2.45) is 58.2 Å². The summed E-state index contributed by atoms with van der Waals surface area (Å²) in [5.74, 6) is 7.28. The van der Waals surface area contributed by atoms with Gasteiger partial charge in [0.25, 0.3) is 0 Å². The molecule has 1 N–H and O–H groups in total. The van der Waals surface area contributed by atoms with E-state index in [-0.39, 0.29) is 6.10 Å². The van der Waals surface area contributed by atoms with Gasteiger partial charge in [0.2, 0.25) is 0 Å². The molecule has 0 aromatic heterocycles. The van der Waals surface area contributed by atoms with Crippen molar-refractivity contribution in [3.05, 3.63) is 0 Å². The molecule has 0 saturated heterocycles. The maximum absolute atomic E-state index is 10.3. The summed E-state index contributed by atoms with van der Waals surface area (Å²) in [6, 6.07) is 0. The Hall–Kier alpha value is -0.0400. The lowest BCUT2D eigenvalue weighted by atomic mass is 9.44. The number of hydrogen-bond acceptors (Lipinski definition) is 1. The van der Waals surface area contributed by atoms with Crippen LogP contribution in [-0.2, 0) is 0 Å².